The molecule has 6 heteroatoms. The van der Waals surface area contributed by atoms with Crippen LogP contribution in [0.15, 0.2) is 10.7 Å². The van der Waals surface area contributed by atoms with Gasteiger partial charge in [-0.05, 0) is 19.8 Å². The first-order chi connectivity index (χ1) is 7.75. The van der Waals surface area contributed by atoms with Crippen LogP contribution in [0.4, 0.5) is 5.88 Å². The molecular weight excluding hydrogens is 208 g/mol. The van der Waals surface area contributed by atoms with Gasteiger partial charge in [-0.2, -0.15) is 5.01 Å². The van der Waals surface area contributed by atoms with E-state index in [1.807, 2.05) is 0 Å². The fourth-order valence-electron chi connectivity index (χ4n) is 1.83. The fourth-order valence-corrected chi connectivity index (χ4v) is 1.83. The van der Waals surface area contributed by atoms with E-state index in [-0.39, 0.29) is 11.8 Å². The molecule has 0 bridgehead atoms. The van der Waals surface area contributed by atoms with Crippen molar-refractivity contribution in [2.45, 2.75) is 32.6 Å². The van der Waals surface area contributed by atoms with E-state index in [1.165, 1.54) is 32.6 Å². The summed E-state index contributed by atoms with van der Waals surface area (Å²) in [5, 5.41) is 9.65. The average Bonchev–Trinajstić information content (AvgIpc) is 2.53. The monoisotopic (exact) mass is 224 g/mol. The Morgan fingerprint density at radius 2 is 2.12 bits per heavy atom. The van der Waals surface area contributed by atoms with Crippen LogP contribution in [-0.4, -0.2) is 24.3 Å². The molecule has 0 aliphatic carbocycles. The van der Waals surface area contributed by atoms with Gasteiger partial charge in [-0.1, -0.05) is 12.8 Å². The molecule has 1 aromatic rings. The molecule has 88 valence electrons. The molecule has 1 amide bonds. The van der Waals surface area contributed by atoms with Gasteiger partial charge in [0.15, 0.2) is 0 Å². The zero-order valence-electron chi connectivity index (χ0n) is 9.43. The summed E-state index contributed by atoms with van der Waals surface area (Å²) in [6.07, 6.45) is 6.50. The minimum Gasteiger partial charge on any atom is -0.589 e. The Kier molecular flexibility index (Phi) is 3.38. The van der Waals surface area contributed by atoms with Gasteiger partial charge in [0.25, 0.3) is 6.20 Å². The van der Waals surface area contributed by atoms with Crippen LogP contribution in [-0.2, 0) is 4.79 Å². The number of rotatable bonds is 2. The first-order valence-corrected chi connectivity index (χ1v) is 5.62. The van der Waals surface area contributed by atoms with Crippen molar-refractivity contribution in [2.24, 2.45) is 0 Å². The van der Waals surface area contributed by atoms with Crippen LogP contribution < -0.4 is 9.80 Å². The molecule has 2 heterocycles. The van der Waals surface area contributed by atoms with Crippen molar-refractivity contribution in [3.8, 4) is 0 Å². The molecule has 0 saturated carbocycles. The number of aromatic nitrogens is 2. The smallest absolute Gasteiger partial charge is 0.257 e. The van der Waals surface area contributed by atoms with Crippen molar-refractivity contribution in [1.29, 1.82) is 0 Å². The van der Waals surface area contributed by atoms with Crippen LogP contribution in [0.25, 0.3) is 5.32 Å². The molecule has 2 rings (SSSR count). The van der Waals surface area contributed by atoms with E-state index in [0.717, 1.165) is 13.1 Å². The molecule has 16 heavy (non-hydrogen) atoms. The third-order valence-corrected chi connectivity index (χ3v) is 2.58. The molecule has 0 aromatic carbocycles. The van der Waals surface area contributed by atoms with E-state index in [9.17, 15) is 4.79 Å². The van der Waals surface area contributed by atoms with Crippen molar-refractivity contribution < 1.29 is 14.1 Å². The molecular formula is C10H16N4O2. The van der Waals surface area contributed by atoms with Crippen LogP contribution in [0.2, 0.25) is 0 Å². The van der Waals surface area contributed by atoms with Gasteiger partial charge in [-0.3, -0.25) is 0 Å². The summed E-state index contributed by atoms with van der Waals surface area (Å²) >= 11 is 0. The summed E-state index contributed by atoms with van der Waals surface area (Å²) in [6.45, 7) is 3.33. The lowest BCUT2D eigenvalue weighted by Gasteiger charge is -2.09. The summed E-state index contributed by atoms with van der Waals surface area (Å²) in [6, 6.07) is 0. The predicted molar refractivity (Wildman–Crippen MR) is 56.8 cm³/mol. The SMILES string of the molecule is CC(=O)[N-]c1c[n+](N2CCCCCC2)no1. The Hall–Kier alpha value is -1.59. The summed E-state index contributed by atoms with van der Waals surface area (Å²) in [5.74, 6) is -0.0177. The summed E-state index contributed by atoms with van der Waals surface area (Å²) in [4.78, 5) is 12.4. The quantitative estimate of drug-likeness (QED) is 0.704. The number of amides is 1. The summed E-state index contributed by atoms with van der Waals surface area (Å²) in [5.41, 5.74) is 0. The van der Waals surface area contributed by atoms with Crippen LogP contribution in [0, 0.1) is 0 Å². The van der Waals surface area contributed by atoms with Gasteiger partial charge in [0.05, 0.1) is 23.8 Å². The van der Waals surface area contributed by atoms with Crippen LogP contribution in [0.3, 0.4) is 0 Å². The molecule has 1 fully saturated rings. The largest absolute Gasteiger partial charge is 0.589 e. The molecule has 6 nitrogen and oxygen atoms in total. The second-order valence-corrected chi connectivity index (χ2v) is 3.96. The van der Waals surface area contributed by atoms with Crippen LogP contribution in [0.1, 0.15) is 32.6 Å². The normalized spacial score (nSPS) is 16.9. The Bertz CT molecular complexity index is 355. The third-order valence-electron chi connectivity index (χ3n) is 2.58. The van der Waals surface area contributed by atoms with Gasteiger partial charge in [-0.15, -0.1) is 0 Å². The molecule has 1 aromatic heterocycles. The van der Waals surface area contributed by atoms with Gasteiger partial charge < -0.3 is 14.6 Å². The topological polar surface area (TPSA) is 64.3 Å². The second-order valence-electron chi connectivity index (χ2n) is 3.96. The molecule has 0 radical (unpaired) electrons. The lowest BCUT2D eigenvalue weighted by Crippen LogP contribution is -2.59. The summed E-state index contributed by atoms with van der Waals surface area (Å²) in [7, 11) is 0. The van der Waals surface area contributed by atoms with Crippen LogP contribution >= 0.6 is 0 Å². The highest BCUT2D eigenvalue weighted by molar-refractivity contribution is 5.92. The number of nitrogens with zero attached hydrogens (tertiary/aromatic N) is 4. The Labute approximate surface area is 94.1 Å². The number of hydrogen-bond donors (Lipinski definition) is 0. The van der Waals surface area contributed by atoms with E-state index in [0.29, 0.717) is 0 Å². The number of hydrogen-bond acceptors (Lipinski definition) is 4. The Balaban J connectivity index is 2.02. The van der Waals surface area contributed by atoms with Crippen molar-refractivity contribution in [3.63, 3.8) is 0 Å². The molecule has 0 spiro atoms. The van der Waals surface area contributed by atoms with E-state index >= 15 is 0 Å². The molecule has 1 saturated heterocycles. The molecule has 1 aliphatic heterocycles. The lowest BCUT2D eigenvalue weighted by atomic mass is 10.2. The van der Waals surface area contributed by atoms with Crippen LogP contribution in [0.5, 0.6) is 0 Å². The van der Waals surface area contributed by atoms with Gasteiger partial charge in [0.1, 0.15) is 5.88 Å². The number of carbonyl (C=O) groups excluding carboxylic acids is 1. The van der Waals surface area contributed by atoms with Gasteiger partial charge in [0, 0.05) is 0 Å². The minimum absolute atomic E-state index is 0.261. The third kappa shape index (κ3) is 2.71. The van der Waals surface area contributed by atoms with Crippen molar-refractivity contribution >= 4 is 11.8 Å². The maximum absolute atomic E-state index is 10.8. The predicted octanol–water partition coefficient (Wildman–Crippen LogP) is 1.03. The van der Waals surface area contributed by atoms with E-state index < -0.39 is 0 Å². The highest BCUT2D eigenvalue weighted by Gasteiger charge is 2.19. The van der Waals surface area contributed by atoms with Gasteiger partial charge >= 0.3 is 0 Å². The molecule has 0 N–H and O–H groups in total. The maximum atomic E-state index is 10.8. The first kappa shape index (κ1) is 10.9. The van der Waals surface area contributed by atoms with E-state index in [4.69, 9.17) is 4.52 Å². The maximum Gasteiger partial charge on any atom is 0.257 e. The fraction of sp³-hybridized carbons (Fsp3) is 0.700. The van der Waals surface area contributed by atoms with E-state index in [2.05, 4.69) is 15.6 Å². The molecule has 1 aliphatic rings. The average molecular weight is 224 g/mol. The van der Waals surface area contributed by atoms with E-state index in [1.54, 1.807) is 11.0 Å². The standard InChI is InChI=1S/C10H16N4O2/c1-9(15)11-10-8-14(12-16-10)13-6-4-2-3-5-7-13/h8H,2-7H2,1H3. The highest BCUT2D eigenvalue weighted by atomic mass is 16.5. The summed E-state index contributed by atoms with van der Waals surface area (Å²) < 4.78 is 4.95. The molecule has 0 unspecified atom stereocenters. The zero-order chi connectivity index (χ0) is 11.4. The van der Waals surface area contributed by atoms with Crippen molar-refractivity contribution in [2.75, 3.05) is 18.1 Å². The molecule has 0 atom stereocenters. The zero-order valence-corrected chi connectivity index (χ0v) is 9.43. The minimum atomic E-state index is -0.279. The Morgan fingerprint density at radius 3 is 2.75 bits per heavy atom. The highest BCUT2D eigenvalue weighted by Crippen LogP contribution is 2.14. The lowest BCUT2D eigenvalue weighted by molar-refractivity contribution is -0.758. The van der Waals surface area contributed by atoms with Crippen molar-refractivity contribution in [1.82, 2.24) is 5.27 Å². The second kappa shape index (κ2) is 4.96. The first-order valence-electron chi connectivity index (χ1n) is 5.62. The van der Waals surface area contributed by atoms with Crippen molar-refractivity contribution in [3.05, 3.63) is 11.5 Å². The number of carbonyl (C=O) groups is 1. The van der Waals surface area contributed by atoms with Gasteiger partial charge in [0.2, 0.25) is 5.27 Å². The van der Waals surface area contributed by atoms with Gasteiger partial charge in [-0.25, -0.2) is 0 Å². The Morgan fingerprint density at radius 1 is 1.44 bits per heavy atom.